The Kier molecular flexibility index (Phi) is 7.93. The van der Waals surface area contributed by atoms with E-state index < -0.39 is 0 Å². The van der Waals surface area contributed by atoms with Gasteiger partial charge in [-0.05, 0) is 45.5 Å². The first-order valence-electron chi connectivity index (χ1n) is 10.4. The number of rotatable bonds is 7. The average molecular weight is 374 g/mol. The van der Waals surface area contributed by atoms with Gasteiger partial charge in [0.15, 0.2) is 5.96 Å². The minimum absolute atomic E-state index is 0.219. The van der Waals surface area contributed by atoms with E-state index in [0.29, 0.717) is 6.04 Å². The molecule has 0 radical (unpaired) electrons. The molecule has 2 saturated heterocycles. The van der Waals surface area contributed by atoms with Gasteiger partial charge in [0.25, 0.3) is 0 Å². The predicted molar refractivity (Wildman–Crippen MR) is 111 cm³/mol. The van der Waals surface area contributed by atoms with Crippen molar-refractivity contribution in [3.05, 3.63) is 35.9 Å². The van der Waals surface area contributed by atoms with Gasteiger partial charge in [0.05, 0.1) is 25.3 Å². The Balaban J connectivity index is 1.62. The number of nitrogens with zero attached hydrogens (tertiary/aromatic N) is 3. The van der Waals surface area contributed by atoms with Gasteiger partial charge in [-0.15, -0.1) is 0 Å². The fraction of sp³-hybridized carbons (Fsp3) is 0.667. The van der Waals surface area contributed by atoms with Gasteiger partial charge in [-0.2, -0.15) is 0 Å². The molecule has 150 valence electrons. The van der Waals surface area contributed by atoms with Crippen LogP contribution in [0.5, 0.6) is 0 Å². The summed E-state index contributed by atoms with van der Waals surface area (Å²) in [4.78, 5) is 9.81. The van der Waals surface area contributed by atoms with Gasteiger partial charge in [0, 0.05) is 26.2 Å². The normalized spacial score (nSPS) is 23.3. The van der Waals surface area contributed by atoms with Crippen molar-refractivity contribution >= 4 is 5.96 Å². The molecule has 0 amide bonds. The zero-order valence-corrected chi connectivity index (χ0v) is 16.9. The third-order valence-electron chi connectivity index (χ3n) is 5.37. The van der Waals surface area contributed by atoms with Crippen LogP contribution in [0.1, 0.15) is 31.4 Å². The molecule has 6 nitrogen and oxygen atoms in total. The minimum atomic E-state index is 0.219. The Hall–Kier alpha value is -1.63. The predicted octanol–water partition coefficient (Wildman–Crippen LogP) is 1.71. The van der Waals surface area contributed by atoms with Gasteiger partial charge in [-0.3, -0.25) is 9.89 Å². The summed E-state index contributed by atoms with van der Waals surface area (Å²) in [5.41, 5.74) is 1.36. The molecule has 1 aromatic rings. The van der Waals surface area contributed by atoms with Crippen LogP contribution >= 0.6 is 0 Å². The van der Waals surface area contributed by atoms with Gasteiger partial charge in [0.2, 0.25) is 0 Å². The third-order valence-corrected chi connectivity index (χ3v) is 5.37. The highest BCUT2D eigenvalue weighted by Crippen LogP contribution is 2.25. The lowest BCUT2D eigenvalue weighted by Gasteiger charge is -2.30. The van der Waals surface area contributed by atoms with Crippen molar-refractivity contribution in [2.75, 3.05) is 59.5 Å². The molecule has 27 heavy (non-hydrogen) atoms. The SMILES string of the molecule is CCNC(=NCC(c1ccccc1)N1CCCC1)NCC1CN(C)CCO1. The van der Waals surface area contributed by atoms with Crippen LogP contribution in [0.3, 0.4) is 0 Å². The minimum Gasteiger partial charge on any atom is -0.374 e. The monoisotopic (exact) mass is 373 g/mol. The zero-order valence-electron chi connectivity index (χ0n) is 16.9. The highest BCUT2D eigenvalue weighted by atomic mass is 16.5. The maximum atomic E-state index is 5.86. The van der Waals surface area contributed by atoms with Crippen molar-refractivity contribution < 1.29 is 4.74 Å². The van der Waals surface area contributed by atoms with Crippen molar-refractivity contribution in [2.24, 2.45) is 4.99 Å². The summed E-state index contributed by atoms with van der Waals surface area (Å²) in [5.74, 6) is 0.884. The lowest BCUT2D eigenvalue weighted by atomic mass is 10.1. The maximum absolute atomic E-state index is 5.86. The van der Waals surface area contributed by atoms with E-state index in [-0.39, 0.29) is 6.10 Å². The number of nitrogens with one attached hydrogen (secondary N) is 2. The molecule has 0 aromatic heterocycles. The highest BCUT2D eigenvalue weighted by Gasteiger charge is 2.23. The summed E-state index contributed by atoms with van der Waals surface area (Å²) in [6, 6.07) is 11.1. The summed E-state index contributed by atoms with van der Waals surface area (Å²) in [7, 11) is 2.15. The largest absolute Gasteiger partial charge is 0.374 e. The molecule has 2 atom stereocenters. The number of aliphatic imine (C=N–C) groups is 1. The average Bonchev–Trinajstić information content (AvgIpc) is 3.21. The molecule has 3 rings (SSSR count). The van der Waals surface area contributed by atoms with Crippen LogP contribution in [0.4, 0.5) is 0 Å². The van der Waals surface area contributed by atoms with Crippen molar-refractivity contribution in [3.8, 4) is 0 Å². The topological polar surface area (TPSA) is 52.1 Å². The first-order chi connectivity index (χ1) is 13.3. The second-order valence-corrected chi connectivity index (χ2v) is 7.53. The fourth-order valence-corrected chi connectivity index (χ4v) is 3.88. The van der Waals surface area contributed by atoms with Crippen molar-refractivity contribution in [1.29, 1.82) is 0 Å². The molecule has 2 fully saturated rings. The third kappa shape index (κ3) is 6.19. The number of likely N-dealkylation sites (N-methyl/N-ethyl adjacent to an activating group) is 1. The lowest BCUT2D eigenvalue weighted by Crippen LogP contribution is -2.48. The Labute approximate surface area is 164 Å². The van der Waals surface area contributed by atoms with Crippen LogP contribution in [0, 0.1) is 0 Å². The number of guanidine groups is 1. The molecular weight excluding hydrogens is 338 g/mol. The lowest BCUT2D eigenvalue weighted by molar-refractivity contribution is -0.0161. The Morgan fingerprint density at radius 1 is 1.19 bits per heavy atom. The molecule has 0 saturated carbocycles. The van der Waals surface area contributed by atoms with Gasteiger partial charge in [-0.25, -0.2) is 0 Å². The van der Waals surface area contributed by atoms with E-state index in [1.807, 2.05) is 0 Å². The summed E-state index contributed by atoms with van der Waals surface area (Å²) in [6.07, 6.45) is 2.80. The van der Waals surface area contributed by atoms with Gasteiger partial charge < -0.3 is 20.3 Å². The fourth-order valence-electron chi connectivity index (χ4n) is 3.88. The molecule has 0 aliphatic carbocycles. The number of morpholine rings is 1. The van der Waals surface area contributed by atoms with Gasteiger partial charge in [0.1, 0.15) is 0 Å². The number of benzene rings is 1. The second kappa shape index (κ2) is 10.6. The van der Waals surface area contributed by atoms with Crippen molar-refractivity contribution in [2.45, 2.75) is 31.9 Å². The van der Waals surface area contributed by atoms with Gasteiger partial charge >= 0.3 is 0 Å². The van der Waals surface area contributed by atoms with E-state index in [2.05, 4.69) is 64.7 Å². The molecule has 6 heteroatoms. The van der Waals surface area contributed by atoms with E-state index in [4.69, 9.17) is 9.73 Å². The molecule has 0 bridgehead atoms. The zero-order chi connectivity index (χ0) is 18.9. The number of hydrogen-bond acceptors (Lipinski definition) is 4. The Morgan fingerprint density at radius 2 is 1.96 bits per heavy atom. The van der Waals surface area contributed by atoms with Crippen LogP contribution in [0.25, 0.3) is 0 Å². The molecular formula is C21H35N5O. The van der Waals surface area contributed by atoms with E-state index >= 15 is 0 Å². The summed E-state index contributed by atoms with van der Waals surface area (Å²) >= 11 is 0. The first kappa shape index (κ1) is 20.1. The second-order valence-electron chi connectivity index (χ2n) is 7.53. The number of ether oxygens (including phenoxy) is 1. The highest BCUT2D eigenvalue weighted by molar-refractivity contribution is 5.79. The molecule has 0 spiro atoms. The van der Waals surface area contributed by atoms with E-state index in [1.165, 1.54) is 31.5 Å². The summed E-state index contributed by atoms with van der Waals surface area (Å²) in [5, 5.41) is 6.86. The van der Waals surface area contributed by atoms with E-state index in [1.54, 1.807) is 0 Å². The maximum Gasteiger partial charge on any atom is 0.191 e. The van der Waals surface area contributed by atoms with Crippen molar-refractivity contribution in [3.63, 3.8) is 0 Å². The van der Waals surface area contributed by atoms with E-state index in [0.717, 1.165) is 45.3 Å². The standard InChI is InChI=1S/C21H35N5O/c1-3-22-21(23-15-19-17-25(2)13-14-27-19)24-16-20(26-11-7-8-12-26)18-9-5-4-6-10-18/h4-6,9-10,19-20H,3,7-8,11-17H2,1-2H3,(H2,22,23,24). The van der Waals surface area contributed by atoms with Crippen LogP contribution in [-0.2, 0) is 4.74 Å². The van der Waals surface area contributed by atoms with Crippen LogP contribution in [0.15, 0.2) is 35.3 Å². The van der Waals surface area contributed by atoms with E-state index in [9.17, 15) is 0 Å². The summed E-state index contributed by atoms with van der Waals surface area (Å²) in [6.45, 7) is 9.64. The quantitative estimate of drug-likeness (QED) is 0.563. The smallest absolute Gasteiger partial charge is 0.191 e. The molecule has 2 heterocycles. The van der Waals surface area contributed by atoms with Crippen LogP contribution in [0.2, 0.25) is 0 Å². The van der Waals surface area contributed by atoms with Crippen LogP contribution < -0.4 is 10.6 Å². The van der Waals surface area contributed by atoms with Gasteiger partial charge in [-0.1, -0.05) is 30.3 Å². The molecule has 2 N–H and O–H groups in total. The molecule has 2 aliphatic rings. The van der Waals surface area contributed by atoms with Crippen molar-refractivity contribution in [1.82, 2.24) is 20.4 Å². The summed E-state index contributed by atoms with van der Waals surface area (Å²) < 4.78 is 5.86. The van der Waals surface area contributed by atoms with Crippen LogP contribution in [-0.4, -0.2) is 81.3 Å². The number of hydrogen-bond donors (Lipinski definition) is 2. The Morgan fingerprint density at radius 3 is 2.67 bits per heavy atom. The molecule has 2 unspecified atom stereocenters. The first-order valence-corrected chi connectivity index (χ1v) is 10.4. The number of likely N-dealkylation sites (tertiary alicyclic amines) is 1. The molecule has 2 aliphatic heterocycles. The Bertz CT molecular complexity index is 573. The molecule has 1 aromatic carbocycles.